The summed E-state index contributed by atoms with van der Waals surface area (Å²) >= 11 is 0. The smallest absolute Gasteiger partial charge is 0.275 e. The summed E-state index contributed by atoms with van der Waals surface area (Å²) < 4.78 is 0. The first-order valence-electron chi connectivity index (χ1n) is 10.9. The van der Waals surface area contributed by atoms with Gasteiger partial charge < -0.3 is 20.6 Å². The molecule has 1 unspecified atom stereocenters. The second-order valence-corrected chi connectivity index (χ2v) is 9.40. The number of nitrogens with one attached hydrogen (secondary N) is 2. The molecule has 2 saturated carbocycles. The molecule has 4 rings (SSSR count). The highest BCUT2D eigenvalue weighted by Crippen LogP contribution is 2.45. The van der Waals surface area contributed by atoms with Crippen LogP contribution < -0.4 is 21.5 Å². The Labute approximate surface area is 185 Å². The summed E-state index contributed by atoms with van der Waals surface area (Å²) in [5, 5.41) is 16.4. The fourth-order valence-electron chi connectivity index (χ4n) is 4.51. The van der Waals surface area contributed by atoms with Crippen LogP contribution in [0.5, 0.6) is 5.75 Å². The maximum atomic E-state index is 13.1. The van der Waals surface area contributed by atoms with E-state index in [1.165, 1.54) is 31.3 Å². The average molecular weight is 441 g/mol. The molecule has 0 spiro atoms. The zero-order chi connectivity index (χ0) is 23.2. The number of ketones is 1. The lowest BCUT2D eigenvalue weighted by Gasteiger charge is -2.35. The van der Waals surface area contributed by atoms with Gasteiger partial charge in [-0.1, -0.05) is 19.8 Å². The summed E-state index contributed by atoms with van der Waals surface area (Å²) in [4.78, 5) is 55.3. The number of amides is 1. The number of carbonyl (C=O) groups excluding carboxylic acids is 2. The van der Waals surface area contributed by atoms with Crippen LogP contribution >= 0.6 is 0 Å². The number of Topliss-reactive ketones (excluding diaryl/α,β-unsaturated/α-hetero) is 1. The summed E-state index contributed by atoms with van der Waals surface area (Å²) in [7, 11) is 3.06. The summed E-state index contributed by atoms with van der Waals surface area (Å²) in [5.74, 6) is -0.812. The van der Waals surface area contributed by atoms with Crippen LogP contribution in [0.2, 0.25) is 0 Å². The minimum atomic E-state index is -0.738. The molecule has 0 bridgehead atoms. The van der Waals surface area contributed by atoms with Gasteiger partial charge in [-0.15, -0.1) is 0 Å². The molecular weight excluding hydrogens is 412 g/mol. The Kier molecular flexibility index (Phi) is 5.52. The van der Waals surface area contributed by atoms with Gasteiger partial charge in [0.15, 0.2) is 17.2 Å². The molecule has 0 radical (unpaired) electrons. The first-order valence-corrected chi connectivity index (χ1v) is 10.9. The van der Waals surface area contributed by atoms with Gasteiger partial charge in [-0.05, 0) is 37.2 Å². The molecule has 0 saturated heterocycles. The molecule has 1 aromatic carbocycles. The van der Waals surface area contributed by atoms with Gasteiger partial charge in [0, 0.05) is 26.2 Å². The van der Waals surface area contributed by atoms with Crippen molar-refractivity contribution in [1.29, 1.82) is 0 Å². The largest absolute Gasteiger partial charge is 0.504 e. The van der Waals surface area contributed by atoms with Crippen molar-refractivity contribution in [2.75, 3.05) is 24.7 Å². The van der Waals surface area contributed by atoms with E-state index >= 15 is 0 Å². The highest BCUT2D eigenvalue weighted by Gasteiger charge is 2.46. The van der Waals surface area contributed by atoms with Gasteiger partial charge in [0.05, 0.1) is 11.7 Å². The third-order valence-corrected chi connectivity index (χ3v) is 6.70. The Hall–Kier alpha value is -3.23. The zero-order valence-corrected chi connectivity index (χ0v) is 18.5. The molecule has 1 heterocycles. The number of aromatic hydroxyl groups is 1. The van der Waals surface area contributed by atoms with Gasteiger partial charge in [0.1, 0.15) is 11.4 Å². The Morgan fingerprint density at radius 2 is 1.78 bits per heavy atom. The molecule has 2 fully saturated rings. The molecule has 2 aliphatic carbocycles. The monoisotopic (exact) mass is 440 g/mol. The SMILES string of the molecule is CN(C)C(=O)c1nccc(Nc2c(NC(C(=O)C3CC3)C3(C)CCCC3)c(=O)c2=O)c1O. The second kappa shape index (κ2) is 8.03. The maximum absolute atomic E-state index is 13.1. The van der Waals surface area contributed by atoms with Crippen molar-refractivity contribution in [3.05, 3.63) is 38.4 Å². The van der Waals surface area contributed by atoms with Gasteiger partial charge in [-0.3, -0.25) is 19.2 Å². The number of carbonyl (C=O) groups is 2. The van der Waals surface area contributed by atoms with E-state index in [1.807, 2.05) is 0 Å². The molecule has 9 heteroatoms. The fourth-order valence-corrected chi connectivity index (χ4v) is 4.51. The van der Waals surface area contributed by atoms with Crippen molar-refractivity contribution >= 4 is 28.8 Å². The van der Waals surface area contributed by atoms with Gasteiger partial charge in [0.25, 0.3) is 16.8 Å². The van der Waals surface area contributed by atoms with Gasteiger partial charge in [0.2, 0.25) is 0 Å². The molecule has 170 valence electrons. The van der Waals surface area contributed by atoms with E-state index < -0.39 is 28.6 Å². The number of hydrogen-bond acceptors (Lipinski definition) is 8. The summed E-state index contributed by atoms with van der Waals surface area (Å²) in [5.41, 5.74) is -1.76. The van der Waals surface area contributed by atoms with Gasteiger partial charge >= 0.3 is 0 Å². The van der Waals surface area contributed by atoms with Crippen LogP contribution in [0.1, 0.15) is 55.9 Å². The van der Waals surface area contributed by atoms with Crippen LogP contribution in [0.4, 0.5) is 17.1 Å². The molecule has 9 nitrogen and oxygen atoms in total. The topological polar surface area (TPSA) is 129 Å². The molecule has 3 N–H and O–H groups in total. The van der Waals surface area contributed by atoms with Crippen molar-refractivity contribution < 1.29 is 14.7 Å². The summed E-state index contributed by atoms with van der Waals surface area (Å²) in [6, 6.07) is 0.867. The lowest BCUT2D eigenvalue weighted by Crippen LogP contribution is -2.48. The highest BCUT2D eigenvalue weighted by atomic mass is 16.3. The van der Waals surface area contributed by atoms with E-state index in [-0.39, 0.29) is 39.9 Å². The minimum absolute atomic E-state index is 0.0108. The van der Waals surface area contributed by atoms with Crippen LogP contribution in [0.15, 0.2) is 21.9 Å². The minimum Gasteiger partial charge on any atom is -0.504 e. The quantitative estimate of drug-likeness (QED) is 0.533. The normalized spacial score (nSPS) is 18.3. The van der Waals surface area contributed by atoms with E-state index in [0.29, 0.717) is 0 Å². The number of anilines is 3. The Morgan fingerprint density at radius 3 is 2.38 bits per heavy atom. The Balaban J connectivity index is 1.64. The van der Waals surface area contributed by atoms with Gasteiger partial charge in [-0.2, -0.15) is 0 Å². The van der Waals surface area contributed by atoms with Crippen molar-refractivity contribution in [2.24, 2.45) is 11.3 Å². The van der Waals surface area contributed by atoms with E-state index in [1.54, 1.807) is 0 Å². The van der Waals surface area contributed by atoms with Crippen LogP contribution in [-0.4, -0.2) is 46.8 Å². The second-order valence-electron chi connectivity index (χ2n) is 9.40. The molecule has 2 aliphatic rings. The maximum Gasteiger partial charge on any atom is 0.275 e. The number of pyridine rings is 1. The van der Waals surface area contributed by atoms with Crippen LogP contribution in [0.25, 0.3) is 0 Å². The first-order chi connectivity index (χ1) is 15.1. The van der Waals surface area contributed by atoms with E-state index in [0.717, 1.165) is 38.5 Å². The lowest BCUT2D eigenvalue weighted by molar-refractivity contribution is -0.123. The molecule has 0 aliphatic heterocycles. The molecular formula is C23H28N4O5. The fraction of sp³-hybridized carbons (Fsp3) is 0.522. The standard InChI is InChI=1S/C23H28N4O5/c1-23(9-4-5-10-23)21(17(28)12-6-7-12)26-15-14(19(30)20(15)31)25-13-8-11-24-16(18(13)29)22(32)27(2)3/h8,11-12,21,26,29H,4-7,9-10H2,1-3H3,(H,24,25). The number of rotatable bonds is 8. The Bertz CT molecular complexity index is 1140. The third kappa shape index (κ3) is 3.76. The highest BCUT2D eigenvalue weighted by molar-refractivity contribution is 5.97. The number of hydrogen-bond donors (Lipinski definition) is 3. The van der Waals surface area contributed by atoms with Crippen LogP contribution in [-0.2, 0) is 4.79 Å². The first kappa shape index (κ1) is 22.0. The molecule has 1 aromatic heterocycles. The predicted molar refractivity (Wildman–Crippen MR) is 120 cm³/mol. The third-order valence-electron chi connectivity index (χ3n) is 6.70. The van der Waals surface area contributed by atoms with Crippen molar-refractivity contribution in [3.63, 3.8) is 0 Å². The van der Waals surface area contributed by atoms with Crippen LogP contribution in [0, 0.1) is 11.3 Å². The van der Waals surface area contributed by atoms with Crippen molar-refractivity contribution in [3.8, 4) is 5.75 Å². The van der Waals surface area contributed by atoms with E-state index in [2.05, 4.69) is 22.5 Å². The van der Waals surface area contributed by atoms with E-state index in [9.17, 15) is 24.3 Å². The van der Waals surface area contributed by atoms with E-state index in [4.69, 9.17) is 0 Å². The van der Waals surface area contributed by atoms with Gasteiger partial charge in [-0.25, -0.2) is 4.98 Å². The predicted octanol–water partition coefficient (Wildman–Crippen LogP) is 2.17. The lowest BCUT2D eigenvalue weighted by atomic mass is 9.77. The number of aromatic nitrogens is 1. The molecule has 32 heavy (non-hydrogen) atoms. The summed E-state index contributed by atoms with van der Waals surface area (Å²) in [6.45, 7) is 2.06. The Morgan fingerprint density at radius 1 is 1.16 bits per heavy atom. The van der Waals surface area contributed by atoms with Crippen LogP contribution in [0.3, 0.4) is 0 Å². The van der Waals surface area contributed by atoms with Crippen molar-refractivity contribution in [2.45, 2.75) is 51.5 Å². The molecule has 1 amide bonds. The number of nitrogens with zero attached hydrogens (tertiary/aromatic N) is 2. The zero-order valence-electron chi connectivity index (χ0n) is 18.5. The molecule has 1 atom stereocenters. The average Bonchev–Trinajstić information content (AvgIpc) is 3.53. The molecule has 2 aromatic rings. The summed E-state index contributed by atoms with van der Waals surface area (Å²) in [6.07, 6.45) is 6.85. The van der Waals surface area contributed by atoms with Crippen molar-refractivity contribution in [1.82, 2.24) is 9.88 Å².